The third kappa shape index (κ3) is 2.62. The number of carbonyl (C=O) groups is 1. The summed E-state index contributed by atoms with van der Waals surface area (Å²) in [6, 6.07) is 1.89. The molecule has 0 radical (unpaired) electrons. The lowest BCUT2D eigenvalue weighted by molar-refractivity contribution is 0.0986. The highest BCUT2D eigenvalue weighted by molar-refractivity contribution is 5.95. The van der Waals surface area contributed by atoms with Crippen LogP contribution in [0.4, 0.5) is 0 Å². The maximum atomic E-state index is 12.0. The first kappa shape index (κ1) is 12.4. The average Bonchev–Trinajstić information content (AvgIpc) is 2.87. The third-order valence-electron chi connectivity index (χ3n) is 2.62. The number of nitrogens with two attached hydrogens (primary N) is 1. The summed E-state index contributed by atoms with van der Waals surface area (Å²) < 4.78 is 3.28. The van der Waals surface area contributed by atoms with Crippen LogP contribution in [0.1, 0.15) is 21.9 Å². The van der Waals surface area contributed by atoms with E-state index in [0.717, 1.165) is 11.4 Å². The molecule has 0 saturated heterocycles. The van der Waals surface area contributed by atoms with Gasteiger partial charge in [0.25, 0.3) is 0 Å². The number of hydrogen-bond acceptors (Lipinski definition) is 5. The molecule has 0 unspecified atom stereocenters. The van der Waals surface area contributed by atoms with Crippen molar-refractivity contribution in [2.45, 2.75) is 19.9 Å². The van der Waals surface area contributed by atoms with E-state index in [2.05, 4.69) is 15.4 Å². The Kier molecular flexibility index (Phi) is 3.52. The molecule has 0 fully saturated rings. The molecule has 2 heterocycles. The summed E-state index contributed by atoms with van der Waals surface area (Å²) in [6.07, 6.45) is 1.90. The first-order valence-corrected chi connectivity index (χ1v) is 5.73. The van der Waals surface area contributed by atoms with Crippen LogP contribution in [0.3, 0.4) is 0 Å². The lowest BCUT2D eigenvalue weighted by Gasteiger charge is -1.98. The third-order valence-corrected chi connectivity index (χ3v) is 2.62. The first-order valence-electron chi connectivity index (χ1n) is 5.73. The fraction of sp³-hybridized carbons (Fsp3) is 0.455. The molecule has 0 bridgehead atoms. The number of carbonyl (C=O) groups excluding carboxylic acids is 1. The zero-order valence-electron chi connectivity index (χ0n) is 10.5. The zero-order valence-corrected chi connectivity index (χ0v) is 10.5. The van der Waals surface area contributed by atoms with E-state index in [9.17, 15) is 4.79 Å². The molecule has 96 valence electrons. The molecule has 2 aromatic rings. The summed E-state index contributed by atoms with van der Waals surface area (Å²) in [6.45, 7) is 2.93. The summed E-state index contributed by atoms with van der Waals surface area (Å²) in [5.41, 5.74) is 7.53. The molecule has 0 aliphatic rings. The number of aryl methyl sites for hydroxylation is 2. The van der Waals surface area contributed by atoms with Crippen LogP contribution in [-0.4, -0.2) is 37.1 Å². The Hall–Kier alpha value is -2.02. The monoisotopic (exact) mass is 248 g/mol. The largest absolute Gasteiger partial charge is 0.329 e. The highest BCUT2D eigenvalue weighted by atomic mass is 16.1. The summed E-state index contributed by atoms with van der Waals surface area (Å²) >= 11 is 0. The molecule has 0 atom stereocenters. The number of hydrogen-bond donors (Lipinski definition) is 1. The van der Waals surface area contributed by atoms with Gasteiger partial charge in [-0.3, -0.25) is 14.2 Å². The molecule has 2 aromatic heterocycles. The fourth-order valence-corrected chi connectivity index (χ4v) is 1.75. The lowest BCUT2D eigenvalue weighted by Crippen LogP contribution is -2.10. The summed E-state index contributed by atoms with van der Waals surface area (Å²) in [5.74, 6) is -0.0683. The molecule has 0 aliphatic carbocycles. The van der Waals surface area contributed by atoms with E-state index in [-0.39, 0.29) is 12.2 Å². The Morgan fingerprint density at radius 2 is 2.28 bits per heavy atom. The van der Waals surface area contributed by atoms with Gasteiger partial charge in [-0.2, -0.15) is 5.10 Å². The van der Waals surface area contributed by atoms with Crippen molar-refractivity contribution in [3.8, 4) is 0 Å². The van der Waals surface area contributed by atoms with Crippen molar-refractivity contribution in [3.63, 3.8) is 0 Å². The van der Waals surface area contributed by atoms with Crippen LogP contribution >= 0.6 is 0 Å². The van der Waals surface area contributed by atoms with Gasteiger partial charge in [0.2, 0.25) is 0 Å². The molecule has 0 saturated carbocycles. The van der Waals surface area contributed by atoms with E-state index in [0.29, 0.717) is 18.8 Å². The van der Waals surface area contributed by atoms with Crippen LogP contribution in [0.15, 0.2) is 12.3 Å². The van der Waals surface area contributed by atoms with Gasteiger partial charge in [0.15, 0.2) is 5.78 Å². The Morgan fingerprint density at radius 3 is 2.89 bits per heavy atom. The smallest absolute Gasteiger partial charge is 0.190 e. The minimum atomic E-state index is -0.0683. The van der Waals surface area contributed by atoms with E-state index < -0.39 is 0 Å². The van der Waals surface area contributed by atoms with E-state index in [1.54, 1.807) is 15.6 Å². The SMILES string of the molecule is Cc1cc(CC(=O)c2cn(CCN)nn2)n(C)n1. The molecule has 7 heteroatoms. The van der Waals surface area contributed by atoms with Crippen molar-refractivity contribution in [2.75, 3.05) is 6.54 Å². The van der Waals surface area contributed by atoms with Gasteiger partial charge in [-0.1, -0.05) is 5.21 Å². The van der Waals surface area contributed by atoms with Crippen molar-refractivity contribution in [3.05, 3.63) is 29.3 Å². The summed E-state index contributed by atoms with van der Waals surface area (Å²) in [7, 11) is 1.82. The van der Waals surface area contributed by atoms with Crippen molar-refractivity contribution in [2.24, 2.45) is 12.8 Å². The molecule has 0 spiro atoms. The Morgan fingerprint density at radius 1 is 1.50 bits per heavy atom. The molecular formula is C11H16N6O. The number of aromatic nitrogens is 5. The molecule has 7 nitrogen and oxygen atoms in total. The quantitative estimate of drug-likeness (QED) is 0.734. The van der Waals surface area contributed by atoms with Crippen LogP contribution in [0.25, 0.3) is 0 Å². The Labute approximate surface area is 105 Å². The molecule has 0 aromatic carbocycles. The zero-order chi connectivity index (χ0) is 13.1. The second-order valence-corrected chi connectivity index (χ2v) is 4.16. The van der Waals surface area contributed by atoms with Gasteiger partial charge in [-0.25, -0.2) is 0 Å². The topological polar surface area (TPSA) is 91.6 Å². The Balaban J connectivity index is 2.09. The number of Topliss-reactive ketones (excluding diaryl/α,β-unsaturated/α-hetero) is 1. The van der Waals surface area contributed by atoms with Gasteiger partial charge in [-0.15, -0.1) is 5.10 Å². The van der Waals surface area contributed by atoms with Gasteiger partial charge in [0, 0.05) is 19.3 Å². The van der Waals surface area contributed by atoms with E-state index in [1.807, 2.05) is 20.0 Å². The maximum absolute atomic E-state index is 12.0. The molecule has 0 aliphatic heterocycles. The number of nitrogens with zero attached hydrogens (tertiary/aromatic N) is 5. The van der Waals surface area contributed by atoms with Crippen molar-refractivity contribution < 1.29 is 4.79 Å². The molecular weight excluding hydrogens is 232 g/mol. The highest BCUT2D eigenvalue weighted by Gasteiger charge is 2.14. The van der Waals surface area contributed by atoms with Gasteiger partial charge in [0.1, 0.15) is 5.69 Å². The second-order valence-electron chi connectivity index (χ2n) is 4.16. The van der Waals surface area contributed by atoms with Crippen LogP contribution in [0, 0.1) is 6.92 Å². The molecule has 2 rings (SSSR count). The van der Waals surface area contributed by atoms with Crippen LogP contribution < -0.4 is 5.73 Å². The van der Waals surface area contributed by atoms with E-state index >= 15 is 0 Å². The fourth-order valence-electron chi connectivity index (χ4n) is 1.75. The van der Waals surface area contributed by atoms with Crippen LogP contribution in [0.5, 0.6) is 0 Å². The minimum Gasteiger partial charge on any atom is -0.329 e. The second kappa shape index (κ2) is 5.09. The van der Waals surface area contributed by atoms with Gasteiger partial charge < -0.3 is 5.73 Å². The van der Waals surface area contributed by atoms with Gasteiger partial charge >= 0.3 is 0 Å². The minimum absolute atomic E-state index is 0.0683. The van der Waals surface area contributed by atoms with Crippen molar-refractivity contribution >= 4 is 5.78 Å². The summed E-state index contributed by atoms with van der Waals surface area (Å²) in [4.78, 5) is 12.0. The predicted molar refractivity (Wildman–Crippen MR) is 65.1 cm³/mol. The first-order chi connectivity index (χ1) is 8.60. The number of ketones is 1. The van der Waals surface area contributed by atoms with E-state index in [1.165, 1.54) is 0 Å². The Bertz CT molecular complexity index is 556. The van der Waals surface area contributed by atoms with Crippen molar-refractivity contribution in [1.82, 2.24) is 24.8 Å². The van der Waals surface area contributed by atoms with Crippen LogP contribution in [0.2, 0.25) is 0 Å². The van der Waals surface area contributed by atoms with Gasteiger partial charge in [0.05, 0.1) is 24.9 Å². The molecule has 0 amide bonds. The van der Waals surface area contributed by atoms with Crippen LogP contribution in [-0.2, 0) is 20.0 Å². The highest BCUT2D eigenvalue weighted by Crippen LogP contribution is 2.06. The maximum Gasteiger partial charge on any atom is 0.190 e. The predicted octanol–water partition coefficient (Wildman–Crippen LogP) is -0.296. The molecule has 18 heavy (non-hydrogen) atoms. The van der Waals surface area contributed by atoms with Crippen molar-refractivity contribution in [1.29, 1.82) is 0 Å². The standard InChI is InChI=1S/C11H16N6O/c1-8-5-9(16(2)14-8)6-11(18)10-7-17(4-3-12)15-13-10/h5,7H,3-4,6,12H2,1-2H3. The van der Waals surface area contributed by atoms with E-state index in [4.69, 9.17) is 5.73 Å². The normalized spacial score (nSPS) is 10.8. The lowest BCUT2D eigenvalue weighted by atomic mass is 10.2. The summed E-state index contributed by atoms with van der Waals surface area (Å²) in [5, 5.41) is 11.9. The molecule has 2 N–H and O–H groups in total. The average molecular weight is 248 g/mol. The van der Waals surface area contributed by atoms with Gasteiger partial charge in [-0.05, 0) is 13.0 Å². The number of rotatable bonds is 5.